The van der Waals surface area contributed by atoms with Crippen molar-refractivity contribution in [2.45, 2.75) is 6.42 Å². The van der Waals surface area contributed by atoms with Crippen molar-refractivity contribution in [1.82, 2.24) is 4.90 Å². The van der Waals surface area contributed by atoms with Crippen LogP contribution in [0, 0.1) is 11.6 Å². The van der Waals surface area contributed by atoms with E-state index in [9.17, 15) is 13.6 Å². The van der Waals surface area contributed by atoms with Crippen LogP contribution in [0.2, 0.25) is 0 Å². The van der Waals surface area contributed by atoms with Crippen LogP contribution in [0.5, 0.6) is 0 Å². The van der Waals surface area contributed by atoms with Crippen LogP contribution in [-0.2, 0) is 4.79 Å². The van der Waals surface area contributed by atoms with Gasteiger partial charge in [0.2, 0.25) is 5.91 Å². The average Bonchev–Trinajstić information content (AvgIpc) is 2.40. The molecule has 2 N–H and O–H groups in total. The molecule has 1 heterocycles. The number of carbonyl (C=O) groups is 1. The third-order valence-corrected chi connectivity index (χ3v) is 3.03. The van der Waals surface area contributed by atoms with Crippen molar-refractivity contribution < 1.29 is 13.6 Å². The minimum atomic E-state index is -0.732. The molecule has 0 aromatic heterocycles. The van der Waals surface area contributed by atoms with E-state index in [0.717, 1.165) is 12.1 Å². The standard InChI is InChI=1S/C12H15F2N3O/c1-16-3-2-4-17(7-11(16)18)12-9(13)5-8(15)6-10(12)14/h5-6H,2-4,7,15H2,1H3. The van der Waals surface area contributed by atoms with Crippen LogP contribution >= 0.6 is 0 Å². The zero-order valence-electron chi connectivity index (χ0n) is 10.1. The number of nitrogens with two attached hydrogens (primary N) is 1. The maximum Gasteiger partial charge on any atom is 0.241 e. The molecule has 0 radical (unpaired) electrons. The highest BCUT2D eigenvalue weighted by molar-refractivity contribution is 5.82. The SMILES string of the molecule is CN1CCCN(c2c(F)cc(N)cc2F)CC1=O. The summed E-state index contributed by atoms with van der Waals surface area (Å²) in [6, 6.07) is 2.13. The number of carbonyl (C=O) groups excluding carboxylic acids is 1. The van der Waals surface area contributed by atoms with Crippen molar-refractivity contribution in [3.63, 3.8) is 0 Å². The third-order valence-electron chi connectivity index (χ3n) is 3.03. The summed E-state index contributed by atoms with van der Waals surface area (Å²) in [5, 5.41) is 0. The van der Waals surface area contributed by atoms with E-state index in [1.54, 1.807) is 11.9 Å². The molecule has 0 unspecified atom stereocenters. The van der Waals surface area contributed by atoms with Crippen molar-refractivity contribution in [3.05, 3.63) is 23.8 Å². The number of amides is 1. The molecular formula is C12H15F2N3O. The summed E-state index contributed by atoms with van der Waals surface area (Å²) in [6.07, 6.45) is 0.672. The molecule has 0 bridgehead atoms. The van der Waals surface area contributed by atoms with Crippen molar-refractivity contribution in [3.8, 4) is 0 Å². The Morgan fingerprint density at radius 1 is 1.22 bits per heavy atom. The maximum absolute atomic E-state index is 13.8. The van der Waals surface area contributed by atoms with E-state index in [4.69, 9.17) is 5.73 Å². The summed E-state index contributed by atoms with van der Waals surface area (Å²) in [5.41, 5.74) is 5.23. The van der Waals surface area contributed by atoms with E-state index in [0.29, 0.717) is 19.5 Å². The number of nitrogens with zero attached hydrogens (tertiary/aromatic N) is 2. The lowest BCUT2D eigenvalue weighted by Gasteiger charge is -2.23. The van der Waals surface area contributed by atoms with Crippen LogP contribution in [0.25, 0.3) is 0 Å². The molecule has 98 valence electrons. The van der Waals surface area contributed by atoms with Gasteiger partial charge in [-0.15, -0.1) is 0 Å². The fourth-order valence-electron chi connectivity index (χ4n) is 2.06. The van der Waals surface area contributed by atoms with E-state index < -0.39 is 11.6 Å². The highest BCUT2D eigenvalue weighted by Crippen LogP contribution is 2.26. The maximum atomic E-state index is 13.8. The highest BCUT2D eigenvalue weighted by Gasteiger charge is 2.24. The molecular weight excluding hydrogens is 240 g/mol. The first-order chi connectivity index (χ1) is 8.49. The summed E-state index contributed by atoms with van der Waals surface area (Å²) >= 11 is 0. The number of hydrogen-bond acceptors (Lipinski definition) is 3. The van der Waals surface area contributed by atoms with Crippen LogP contribution in [0.1, 0.15) is 6.42 Å². The quantitative estimate of drug-likeness (QED) is 0.767. The molecule has 0 atom stereocenters. The Kier molecular flexibility index (Phi) is 3.36. The first kappa shape index (κ1) is 12.6. The molecule has 0 spiro atoms. The first-order valence-corrected chi connectivity index (χ1v) is 5.72. The summed E-state index contributed by atoms with van der Waals surface area (Å²) in [4.78, 5) is 14.7. The summed E-state index contributed by atoms with van der Waals surface area (Å²) in [6.45, 7) is 1.01. The number of hydrogen-bond donors (Lipinski definition) is 1. The molecule has 1 amide bonds. The number of anilines is 2. The summed E-state index contributed by atoms with van der Waals surface area (Å²) in [5.74, 6) is -1.61. The van der Waals surface area contributed by atoms with Gasteiger partial charge in [-0.25, -0.2) is 8.78 Å². The zero-order chi connectivity index (χ0) is 13.3. The Morgan fingerprint density at radius 2 is 1.83 bits per heavy atom. The van der Waals surface area contributed by atoms with Crippen LogP contribution in [0.15, 0.2) is 12.1 Å². The molecule has 0 aliphatic carbocycles. The van der Waals surface area contributed by atoms with Gasteiger partial charge in [0.1, 0.15) is 5.69 Å². The third kappa shape index (κ3) is 2.37. The predicted octanol–water partition coefficient (Wildman–Crippen LogP) is 1.22. The van der Waals surface area contributed by atoms with Gasteiger partial charge in [-0.1, -0.05) is 0 Å². The topological polar surface area (TPSA) is 49.6 Å². The summed E-state index contributed by atoms with van der Waals surface area (Å²) in [7, 11) is 1.68. The lowest BCUT2D eigenvalue weighted by molar-refractivity contribution is -0.127. The Morgan fingerprint density at radius 3 is 2.44 bits per heavy atom. The Hall–Kier alpha value is -1.85. The fraction of sp³-hybridized carbons (Fsp3) is 0.417. The molecule has 1 fully saturated rings. The van der Waals surface area contributed by atoms with Gasteiger partial charge in [-0.05, 0) is 18.6 Å². The number of rotatable bonds is 1. The normalized spacial score (nSPS) is 16.9. The highest BCUT2D eigenvalue weighted by atomic mass is 19.1. The number of nitrogen functional groups attached to an aromatic ring is 1. The van der Waals surface area contributed by atoms with Crippen molar-refractivity contribution in [1.29, 1.82) is 0 Å². The Balaban J connectivity index is 2.34. The minimum absolute atomic E-state index is 0.0196. The molecule has 4 nitrogen and oxygen atoms in total. The van der Waals surface area contributed by atoms with Gasteiger partial charge in [-0.2, -0.15) is 0 Å². The van der Waals surface area contributed by atoms with Gasteiger partial charge in [0, 0.05) is 25.8 Å². The van der Waals surface area contributed by atoms with Gasteiger partial charge >= 0.3 is 0 Å². The molecule has 1 aliphatic rings. The molecule has 0 saturated carbocycles. The largest absolute Gasteiger partial charge is 0.399 e. The van der Waals surface area contributed by atoms with E-state index in [1.165, 1.54) is 4.90 Å². The van der Waals surface area contributed by atoms with Crippen LogP contribution < -0.4 is 10.6 Å². The second-order valence-electron chi connectivity index (χ2n) is 4.42. The predicted molar refractivity (Wildman–Crippen MR) is 65.2 cm³/mol. The molecule has 1 aromatic rings. The smallest absolute Gasteiger partial charge is 0.241 e. The van der Waals surface area contributed by atoms with E-state index >= 15 is 0 Å². The van der Waals surface area contributed by atoms with Crippen LogP contribution in [-0.4, -0.2) is 37.5 Å². The number of likely N-dealkylation sites (N-methyl/N-ethyl adjacent to an activating group) is 1. The van der Waals surface area contributed by atoms with Gasteiger partial charge in [-0.3, -0.25) is 4.79 Å². The van der Waals surface area contributed by atoms with E-state index in [2.05, 4.69) is 0 Å². The van der Waals surface area contributed by atoms with Crippen LogP contribution in [0.3, 0.4) is 0 Å². The van der Waals surface area contributed by atoms with Crippen LogP contribution in [0.4, 0.5) is 20.2 Å². The molecule has 6 heteroatoms. The lowest BCUT2D eigenvalue weighted by Crippen LogP contribution is -2.35. The number of benzene rings is 1. The van der Waals surface area contributed by atoms with E-state index in [-0.39, 0.29) is 23.8 Å². The molecule has 18 heavy (non-hydrogen) atoms. The second kappa shape index (κ2) is 4.80. The number of halogens is 2. The fourth-order valence-corrected chi connectivity index (χ4v) is 2.06. The molecule has 1 saturated heterocycles. The van der Waals surface area contributed by atoms with Crippen molar-refractivity contribution in [2.24, 2.45) is 0 Å². The second-order valence-corrected chi connectivity index (χ2v) is 4.42. The van der Waals surface area contributed by atoms with Gasteiger partial charge in [0.05, 0.1) is 6.54 Å². The minimum Gasteiger partial charge on any atom is -0.399 e. The molecule has 1 aliphatic heterocycles. The van der Waals surface area contributed by atoms with Gasteiger partial charge in [0.15, 0.2) is 11.6 Å². The average molecular weight is 255 g/mol. The van der Waals surface area contributed by atoms with Crippen molar-refractivity contribution in [2.75, 3.05) is 37.3 Å². The molecule has 2 rings (SSSR count). The van der Waals surface area contributed by atoms with Gasteiger partial charge < -0.3 is 15.5 Å². The van der Waals surface area contributed by atoms with Gasteiger partial charge in [0.25, 0.3) is 0 Å². The Labute approximate surface area is 104 Å². The Bertz CT molecular complexity index is 455. The molecule has 1 aromatic carbocycles. The first-order valence-electron chi connectivity index (χ1n) is 5.72. The summed E-state index contributed by atoms with van der Waals surface area (Å²) < 4.78 is 27.5. The zero-order valence-corrected chi connectivity index (χ0v) is 10.1. The lowest BCUT2D eigenvalue weighted by atomic mass is 10.2. The van der Waals surface area contributed by atoms with E-state index in [1.807, 2.05) is 0 Å². The van der Waals surface area contributed by atoms with Crippen molar-refractivity contribution >= 4 is 17.3 Å². The monoisotopic (exact) mass is 255 g/mol.